The van der Waals surface area contributed by atoms with E-state index in [9.17, 15) is 9.36 Å². The predicted octanol–water partition coefficient (Wildman–Crippen LogP) is 3.18. The molecule has 116 valence electrons. The normalized spacial score (nSPS) is 12.8. The smallest absolute Gasteiger partial charge is 0.337 e. The van der Waals surface area contributed by atoms with Gasteiger partial charge in [-0.05, 0) is 6.42 Å². The van der Waals surface area contributed by atoms with Crippen molar-refractivity contribution in [1.82, 2.24) is 0 Å². The topological polar surface area (TPSA) is 101 Å². The summed E-state index contributed by atoms with van der Waals surface area (Å²) in [7, 11) is -4.38. The third kappa shape index (κ3) is 11.2. The van der Waals surface area contributed by atoms with Gasteiger partial charge in [0, 0.05) is 0 Å². The Labute approximate surface area is 117 Å². The van der Waals surface area contributed by atoms with Gasteiger partial charge in [0.1, 0.15) is 5.66 Å². The third-order valence-corrected chi connectivity index (χ3v) is 4.39. The molecule has 0 aliphatic rings. The van der Waals surface area contributed by atoms with Crippen LogP contribution < -0.4 is 5.73 Å². The van der Waals surface area contributed by atoms with E-state index in [1.54, 1.807) is 0 Å². The fourth-order valence-electron chi connectivity index (χ4n) is 1.95. The zero-order chi connectivity index (χ0) is 14.0. The number of hydrogen-bond acceptors (Lipinski definition) is 2. The second kappa shape index (κ2) is 11.4. The van der Waals surface area contributed by atoms with Crippen LogP contribution in [0.4, 0.5) is 0 Å². The van der Waals surface area contributed by atoms with E-state index in [1.807, 2.05) is 0 Å². The second-order valence-electron chi connectivity index (χ2n) is 4.77. The van der Waals surface area contributed by atoms with Crippen LogP contribution in [0, 0.1) is 0 Å². The Morgan fingerprint density at radius 3 is 1.84 bits per heavy atom. The summed E-state index contributed by atoms with van der Waals surface area (Å²) >= 11 is 0. The molecule has 6 heteroatoms. The molecule has 0 saturated heterocycles. The lowest BCUT2D eigenvalue weighted by atomic mass is 10.1. The Morgan fingerprint density at radius 1 is 1.05 bits per heavy atom. The molecule has 0 saturated carbocycles. The van der Waals surface area contributed by atoms with E-state index < -0.39 is 19.2 Å². The lowest BCUT2D eigenvalue weighted by Crippen LogP contribution is -2.28. The first-order chi connectivity index (χ1) is 8.39. The maximum atomic E-state index is 11.0. The Hall–Kier alpha value is -0.380. The number of nitrogens with two attached hydrogens (primary N) is 1. The van der Waals surface area contributed by atoms with Crippen LogP contribution in [0.2, 0.25) is 0 Å². The van der Waals surface area contributed by atoms with Crippen molar-refractivity contribution in [3.05, 3.63) is 0 Å². The molecule has 1 unspecified atom stereocenters. The van der Waals surface area contributed by atoms with Crippen molar-refractivity contribution >= 4 is 13.5 Å². The standard InChI is InChI=1S/C12H26NO4P.CH4/c1-2-3-4-5-6-7-8-9-10-11(12(13)14)18(15,16)17;/h11H,2-10H2,1H3,(H2,13,14)(H2,15,16,17);1H4. The van der Waals surface area contributed by atoms with E-state index in [0.717, 1.165) is 19.3 Å². The van der Waals surface area contributed by atoms with Crippen molar-refractivity contribution in [2.45, 2.75) is 77.8 Å². The fraction of sp³-hybridized carbons (Fsp3) is 0.923. The van der Waals surface area contributed by atoms with Crippen molar-refractivity contribution < 1.29 is 19.1 Å². The van der Waals surface area contributed by atoms with Crippen LogP contribution in [0.25, 0.3) is 0 Å². The quantitative estimate of drug-likeness (QED) is 0.402. The molecule has 0 aromatic rings. The van der Waals surface area contributed by atoms with Crippen molar-refractivity contribution in [3.63, 3.8) is 0 Å². The lowest BCUT2D eigenvalue weighted by Gasteiger charge is -2.14. The molecule has 0 rings (SSSR count). The molecular weight excluding hydrogens is 265 g/mol. The van der Waals surface area contributed by atoms with Gasteiger partial charge in [-0.3, -0.25) is 9.36 Å². The van der Waals surface area contributed by atoms with E-state index in [2.05, 4.69) is 6.92 Å². The summed E-state index contributed by atoms with van der Waals surface area (Å²) in [6.45, 7) is 2.17. The molecule has 0 bridgehead atoms. The third-order valence-electron chi connectivity index (χ3n) is 3.07. The molecule has 0 aromatic heterocycles. The highest BCUT2D eigenvalue weighted by molar-refractivity contribution is 7.53. The van der Waals surface area contributed by atoms with Crippen molar-refractivity contribution in [3.8, 4) is 0 Å². The molecule has 19 heavy (non-hydrogen) atoms. The lowest BCUT2D eigenvalue weighted by molar-refractivity contribution is -0.118. The number of carbonyl (C=O) groups is 1. The molecule has 0 spiro atoms. The number of carbonyl (C=O) groups excluding carboxylic acids is 1. The monoisotopic (exact) mass is 295 g/mol. The van der Waals surface area contributed by atoms with E-state index in [4.69, 9.17) is 15.5 Å². The molecule has 1 atom stereocenters. The Bertz CT molecular complexity index is 278. The van der Waals surface area contributed by atoms with Crippen LogP contribution >= 0.6 is 7.60 Å². The van der Waals surface area contributed by atoms with Gasteiger partial charge in [0.2, 0.25) is 5.91 Å². The van der Waals surface area contributed by atoms with Crippen molar-refractivity contribution in [2.24, 2.45) is 5.73 Å². The first-order valence-corrected chi connectivity index (χ1v) is 8.42. The summed E-state index contributed by atoms with van der Waals surface area (Å²) in [6, 6.07) is 0. The molecule has 0 aromatic carbocycles. The Kier molecular flexibility index (Phi) is 12.6. The summed E-state index contributed by atoms with van der Waals surface area (Å²) in [5.74, 6) is -0.897. The summed E-state index contributed by atoms with van der Waals surface area (Å²) in [4.78, 5) is 28.8. The van der Waals surface area contributed by atoms with Crippen LogP contribution in [-0.4, -0.2) is 21.4 Å². The maximum absolute atomic E-state index is 11.0. The highest BCUT2D eigenvalue weighted by Crippen LogP contribution is 2.43. The first-order valence-electron chi connectivity index (χ1n) is 6.74. The molecule has 0 radical (unpaired) electrons. The summed E-state index contributed by atoms with van der Waals surface area (Å²) in [6.07, 6.45) is 8.89. The van der Waals surface area contributed by atoms with E-state index in [1.165, 1.54) is 25.7 Å². The molecule has 4 N–H and O–H groups in total. The number of primary amides is 1. The van der Waals surface area contributed by atoms with Crippen LogP contribution in [0.5, 0.6) is 0 Å². The zero-order valence-corrected chi connectivity index (χ0v) is 12.1. The Balaban J connectivity index is 0. The second-order valence-corrected chi connectivity index (χ2v) is 6.57. The molecule has 1 amide bonds. The minimum absolute atomic E-state index is 0. The van der Waals surface area contributed by atoms with Gasteiger partial charge in [-0.1, -0.05) is 65.7 Å². The van der Waals surface area contributed by atoms with Crippen molar-refractivity contribution in [1.29, 1.82) is 0 Å². The van der Waals surface area contributed by atoms with Gasteiger partial charge in [0.15, 0.2) is 0 Å². The van der Waals surface area contributed by atoms with Gasteiger partial charge in [-0.2, -0.15) is 0 Å². The molecular formula is C13H30NO4P. The van der Waals surface area contributed by atoms with E-state index >= 15 is 0 Å². The van der Waals surface area contributed by atoms with Gasteiger partial charge in [-0.15, -0.1) is 0 Å². The minimum Gasteiger partial charge on any atom is -0.369 e. The van der Waals surface area contributed by atoms with Crippen LogP contribution in [0.3, 0.4) is 0 Å². The molecule has 5 nitrogen and oxygen atoms in total. The fourth-order valence-corrected chi connectivity index (χ4v) is 2.80. The number of rotatable bonds is 11. The van der Waals surface area contributed by atoms with Gasteiger partial charge >= 0.3 is 7.60 Å². The average molecular weight is 295 g/mol. The average Bonchev–Trinajstić information content (AvgIpc) is 2.24. The summed E-state index contributed by atoms with van der Waals surface area (Å²) < 4.78 is 11.0. The van der Waals surface area contributed by atoms with E-state index in [0.29, 0.717) is 6.42 Å². The number of hydrogen-bond donors (Lipinski definition) is 3. The Morgan fingerprint density at radius 2 is 1.47 bits per heavy atom. The van der Waals surface area contributed by atoms with E-state index in [-0.39, 0.29) is 13.8 Å². The number of unbranched alkanes of at least 4 members (excludes halogenated alkanes) is 7. The predicted molar refractivity (Wildman–Crippen MR) is 79.0 cm³/mol. The van der Waals surface area contributed by atoms with Crippen LogP contribution in [0.15, 0.2) is 0 Å². The first kappa shape index (κ1) is 20.9. The highest BCUT2D eigenvalue weighted by atomic mass is 31.2. The number of amides is 1. The molecule has 0 aliphatic carbocycles. The minimum atomic E-state index is -4.38. The summed E-state index contributed by atoms with van der Waals surface area (Å²) in [5, 5.41) is 0. The van der Waals surface area contributed by atoms with Crippen LogP contribution in [0.1, 0.15) is 72.1 Å². The molecule has 0 aliphatic heterocycles. The van der Waals surface area contributed by atoms with Gasteiger partial charge < -0.3 is 15.5 Å². The molecule has 0 heterocycles. The van der Waals surface area contributed by atoms with Gasteiger partial charge in [0.25, 0.3) is 0 Å². The SMILES string of the molecule is C.CCCCCCCCCCC(C(N)=O)P(=O)(O)O. The van der Waals surface area contributed by atoms with Gasteiger partial charge in [0.05, 0.1) is 0 Å². The molecule has 0 fully saturated rings. The largest absolute Gasteiger partial charge is 0.369 e. The highest BCUT2D eigenvalue weighted by Gasteiger charge is 2.33. The summed E-state index contributed by atoms with van der Waals surface area (Å²) in [5.41, 5.74) is 3.68. The zero-order valence-electron chi connectivity index (χ0n) is 11.2. The van der Waals surface area contributed by atoms with Crippen molar-refractivity contribution in [2.75, 3.05) is 0 Å². The maximum Gasteiger partial charge on any atom is 0.337 e. The van der Waals surface area contributed by atoms with Crippen LogP contribution in [-0.2, 0) is 9.36 Å². The van der Waals surface area contributed by atoms with Gasteiger partial charge in [-0.25, -0.2) is 0 Å².